The van der Waals surface area contributed by atoms with E-state index in [1.165, 1.54) is 50.5 Å². The summed E-state index contributed by atoms with van der Waals surface area (Å²) >= 11 is 0. The van der Waals surface area contributed by atoms with Gasteiger partial charge in [-0.1, -0.05) is 24.3 Å². The molecule has 34 heavy (non-hydrogen) atoms. The number of hydrogen-bond donors (Lipinski definition) is 2. The van der Waals surface area contributed by atoms with E-state index in [2.05, 4.69) is 39.1 Å². The molecule has 7 heteroatoms. The van der Waals surface area contributed by atoms with Crippen molar-refractivity contribution in [1.29, 1.82) is 0 Å². The number of nitrogens with zero attached hydrogens (tertiary/aromatic N) is 4. The third-order valence-electron chi connectivity index (χ3n) is 7.88. The second kappa shape index (κ2) is 9.62. The summed E-state index contributed by atoms with van der Waals surface area (Å²) in [5, 5.41) is 9.70. The summed E-state index contributed by atoms with van der Waals surface area (Å²) in [6, 6.07) is 8.86. The van der Waals surface area contributed by atoms with Gasteiger partial charge in [0.1, 0.15) is 11.9 Å². The number of anilines is 1. The van der Waals surface area contributed by atoms with Crippen LogP contribution >= 0.6 is 0 Å². The third kappa shape index (κ3) is 4.96. The fourth-order valence-electron chi connectivity index (χ4n) is 5.71. The van der Waals surface area contributed by atoms with E-state index in [4.69, 9.17) is 15.5 Å². The largest absolute Gasteiger partial charge is 0.463 e. The van der Waals surface area contributed by atoms with Crippen LogP contribution in [0, 0.1) is 5.92 Å². The lowest BCUT2D eigenvalue weighted by Crippen LogP contribution is -2.41. The summed E-state index contributed by atoms with van der Waals surface area (Å²) in [6.45, 7) is 7.32. The van der Waals surface area contributed by atoms with Gasteiger partial charge in [-0.05, 0) is 82.7 Å². The zero-order chi connectivity index (χ0) is 23.7. The minimum Gasteiger partial charge on any atom is -0.463 e. The first-order chi connectivity index (χ1) is 16.4. The van der Waals surface area contributed by atoms with Gasteiger partial charge >= 0.3 is 0 Å². The number of hydrogen-bond acceptors (Lipinski definition) is 7. The molecule has 0 unspecified atom stereocenters. The maximum Gasteiger partial charge on any atom is 0.246 e. The number of aliphatic imine (C=N–C) groups is 1. The van der Waals surface area contributed by atoms with Gasteiger partial charge in [0, 0.05) is 18.7 Å². The molecule has 0 amide bonds. The molecule has 1 saturated heterocycles. The SMILES string of the molecule is CC1(C)Oc2ncnc(N)c2N=C1c1ccc([C@H]2CC[C@H](CCN3CCC(O)CC3)CC2)cc1. The number of likely N-dealkylation sites (tertiary alicyclic amines) is 1. The first-order valence-electron chi connectivity index (χ1n) is 12.8. The number of rotatable bonds is 5. The molecule has 7 nitrogen and oxygen atoms in total. The van der Waals surface area contributed by atoms with Crippen LogP contribution in [0.15, 0.2) is 35.6 Å². The standard InChI is InChI=1S/C27H37N5O2/c1-27(2)24(31-23-25(28)29-17-30-26(23)34-27)21-9-7-20(8-10-21)19-5-3-18(4-6-19)11-14-32-15-12-22(33)13-16-32/h7-10,17-19,22,33H,3-6,11-16H2,1-2H3,(H2,28,29,30)/t18-,19-. The van der Waals surface area contributed by atoms with Crippen LogP contribution in [0.5, 0.6) is 5.88 Å². The van der Waals surface area contributed by atoms with Crippen LogP contribution in [0.1, 0.15) is 75.8 Å². The Morgan fingerprint density at radius 3 is 2.44 bits per heavy atom. The lowest BCUT2D eigenvalue weighted by atomic mass is 9.77. The summed E-state index contributed by atoms with van der Waals surface area (Å²) in [4.78, 5) is 15.6. The Morgan fingerprint density at radius 1 is 1.03 bits per heavy atom. The van der Waals surface area contributed by atoms with Crippen molar-refractivity contribution in [3.8, 4) is 5.88 Å². The highest BCUT2D eigenvalue weighted by molar-refractivity contribution is 6.09. The van der Waals surface area contributed by atoms with E-state index in [0.29, 0.717) is 23.3 Å². The molecule has 3 heterocycles. The first-order valence-corrected chi connectivity index (χ1v) is 12.8. The summed E-state index contributed by atoms with van der Waals surface area (Å²) in [5.74, 6) is 2.25. The van der Waals surface area contributed by atoms with Crippen LogP contribution in [0.3, 0.4) is 0 Å². The molecule has 1 aromatic carbocycles. The molecule has 0 atom stereocenters. The van der Waals surface area contributed by atoms with Crippen LogP contribution in [0.25, 0.3) is 0 Å². The number of benzene rings is 1. The number of aliphatic hydroxyl groups is 1. The second-order valence-electron chi connectivity index (χ2n) is 10.7. The van der Waals surface area contributed by atoms with Crippen molar-refractivity contribution in [2.75, 3.05) is 25.4 Å². The van der Waals surface area contributed by atoms with Gasteiger partial charge < -0.3 is 20.5 Å². The Labute approximate surface area is 202 Å². The van der Waals surface area contributed by atoms with E-state index in [1.807, 2.05) is 13.8 Å². The van der Waals surface area contributed by atoms with Crippen molar-refractivity contribution in [3.05, 3.63) is 41.7 Å². The highest BCUT2D eigenvalue weighted by Gasteiger charge is 2.35. The van der Waals surface area contributed by atoms with Gasteiger partial charge in [-0.3, -0.25) is 0 Å². The van der Waals surface area contributed by atoms with E-state index < -0.39 is 5.60 Å². The summed E-state index contributed by atoms with van der Waals surface area (Å²) < 4.78 is 6.12. The Bertz CT molecular complexity index is 1020. The summed E-state index contributed by atoms with van der Waals surface area (Å²) in [6.07, 6.45) is 9.65. The average Bonchev–Trinajstić information content (AvgIpc) is 2.83. The van der Waals surface area contributed by atoms with Gasteiger partial charge in [0.15, 0.2) is 11.5 Å². The molecule has 5 rings (SSSR count). The second-order valence-corrected chi connectivity index (χ2v) is 10.7. The van der Waals surface area contributed by atoms with Crippen LogP contribution in [-0.4, -0.2) is 57.0 Å². The van der Waals surface area contributed by atoms with Gasteiger partial charge in [-0.25, -0.2) is 9.98 Å². The van der Waals surface area contributed by atoms with Crippen LogP contribution in [0.2, 0.25) is 0 Å². The van der Waals surface area contributed by atoms with Crippen molar-refractivity contribution in [2.24, 2.45) is 10.9 Å². The summed E-state index contributed by atoms with van der Waals surface area (Å²) in [7, 11) is 0. The zero-order valence-corrected chi connectivity index (χ0v) is 20.4. The molecule has 0 bridgehead atoms. The van der Waals surface area contributed by atoms with Gasteiger partial charge in [-0.2, -0.15) is 4.98 Å². The number of nitrogen functional groups attached to an aromatic ring is 1. The average molecular weight is 464 g/mol. The van der Waals surface area contributed by atoms with Crippen LogP contribution in [-0.2, 0) is 0 Å². The molecule has 1 aromatic heterocycles. The molecule has 0 radical (unpaired) electrons. The van der Waals surface area contributed by atoms with E-state index in [0.717, 1.165) is 43.1 Å². The number of aromatic nitrogens is 2. The van der Waals surface area contributed by atoms with E-state index in [9.17, 15) is 5.11 Å². The van der Waals surface area contributed by atoms with Gasteiger partial charge in [0.2, 0.25) is 5.88 Å². The number of fused-ring (bicyclic) bond motifs is 1. The van der Waals surface area contributed by atoms with Crippen LogP contribution < -0.4 is 10.5 Å². The van der Waals surface area contributed by atoms with Gasteiger partial charge in [0.25, 0.3) is 0 Å². The maximum absolute atomic E-state index is 9.70. The van der Waals surface area contributed by atoms with Gasteiger partial charge in [-0.15, -0.1) is 0 Å². The molecule has 3 N–H and O–H groups in total. The topological polar surface area (TPSA) is 96.9 Å². The molecule has 1 saturated carbocycles. The zero-order valence-electron chi connectivity index (χ0n) is 20.4. The Balaban J connectivity index is 1.19. The number of piperidine rings is 1. The monoisotopic (exact) mass is 463 g/mol. The van der Waals surface area contributed by atoms with Crippen molar-refractivity contribution < 1.29 is 9.84 Å². The number of nitrogens with two attached hydrogens (primary N) is 1. The quantitative estimate of drug-likeness (QED) is 0.679. The predicted octanol–water partition coefficient (Wildman–Crippen LogP) is 4.47. The Morgan fingerprint density at radius 2 is 1.74 bits per heavy atom. The number of aliphatic hydroxyl groups excluding tert-OH is 1. The lowest BCUT2D eigenvalue weighted by Gasteiger charge is -2.33. The Hall–Kier alpha value is -2.51. The molecule has 2 aliphatic heterocycles. The normalized spacial score (nSPS) is 25.3. The van der Waals surface area contributed by atoms with E-state index >= 15 is 0 Å². The maximum atomic E-state index is 9.70. The molecule has 182 valence electrons. The fourth-order valence-corrected chi connectivity index (χ4v) is 5.71. The molecule has 0 spiro atoms. The molecular weight excluding hydrogens is 426 g/mol. The van der Waals surface area contributed by atoms with Crippen molar-refractivity contribution in [2.45, 2.75) is 76.4 Å². The lowest BCUT2D eigenvalue weighted by molar-refractivity contribution is 0.0784. The molecule has 2 aromatic rings. The number of ether oxygens (including phenoxy) is 1. The fraction of sp³-hybridized carbons (Fsp3) is 0.593. The molecular formula is C27H37N5O2. The smallest absolute Gasteiger partial charge is 0.246 e. The first kappa shape index (κ1) is 23.2. The molecule has 3 aliphatic rings. The minimum atomic E-state index is -0.597. The van der Waals surface area contributed by atoms with Crippen LogP contribution in [0.4, 0.5) is 11.5 Å². The highest BCUT2D eigenvalue weighted by atomic mass is 16.5. The molecule has 2 fully saturated rings. The predicted molar refractivity (Wildman–Crippen MR) is 135 cm³/mol. The Kier molecular flexibility index (Phi) is 6.58. The highest BCUT2D eigenvalue weighted by Crippen LogP contribution is 2.40. The van der Waals surface area contributed by atoms with Crippen molar-refractivity contribution in [1.82, 2.24) is 14.9 Å². The molecule has 1 aliphatic carbocycles. The third-order valence-corrected chi connectivity index (χ3v) is 7.88. The van der Waals surface area contributed by atoms with Crippen molar-refractivity contribution >= 4 is 17.2 Å². The summed E-state index contributed by atoms with van der Waals surface area (Å²) in [5.41, 5.74) is 9.25. The van der Waals surface area contributed by atoms with E-state index in [1.54, 1.807) is 0 Å². The minimum absolute atomic E-state index is 0.0789. The van der Waals surface area contributed by atoms with E-state index in [-0.39, 0.29) is 6.10 Å². The van der Waals surface area contributed by atoms with Crippen molar-refractivity contribution in [3.63, 3.8) is 0 Å². The van der Waals surface area contributed by atoms with Gasteiger partial charge in [0.05, 0.1) is 11.8 Å².